The highest BCUT2D eigenvalue weighted by Gasteiger charge is 2.12. The molecule has 2 aromatic rings. The Bertz CT molecular complexity index is 627. The molecule has 23 heavy (non-hydrogen) atoms. The first-order valence-corrected chi connectivity index (χ1v) is 7.56. The molecular formula is C18H23NO4. The zero-order chi connectivity index (χ0) is 16.8. The molecule has 0 aliphatic carbocycles. The number of benzene rings is 2. The number of phenols is 2. The van der Waals surface area contributed by atoms with Gasteiger partial charge in [0.2, 0.25) is 0 Å². The minimum absolute atomic E-state index is 0.184. The van der Waals surface area contributed by atoms with Gasteiger partial charge >= 0.3 is 0 Å². The van der Waals surface area contributed by atoms with Crippen LogP contribution in [0, 0.1) is 0 Å². The first-order chi connectivity index (χ1) is 11.0. The van der Waals surface area contributed by atoms with Gasteiger partial charge in [-0.25, -0.2) is 0 Å². The molecule has 0 aliphatic rings. The molecule has 0 bridgehead atoms. The van der Waals surface area contributed by atoms with Crippen LogP contribution in [-0.2, 0) is 6.42 Å². The van der Waals surface area contributed by atoms with Crippen LogP contribution in [0.25, 0.3) is 0 Å². The topological polar surface area (TPSA) is 82.0 Å². The van der Waals surface area contributed by atoms with Gasteiger partial charge < -0.3 is 25.4 Å². The maximum absolute atomic E-state index is 10.1. The quantitative estimate of drug-likeness (QED) is 0.589. The van der Waals surface area contributed by atoms with E-state index in [2.05, 4.69) is 5.32 Å². The Balaban J connectivity index is 1.85. The average Bonchev–Trinajstić information content (AvgIpc) is 2.56. The van der Waals surface area contributed by atoms with Crippen LogP contribution in [0.2, 0.25) is 0 Å². The summed E-state index contributed by atoms with van der Waals surface area (Å²) in [6.07, 6.45) is 0.0807. The van der Waals surface area contributed by atoms with Gasteiger partial charge in [-0.1, -0.05) is 18.2 Å². The first kappa shape index (κ1) is 17.1. The Kier molecular flexibility index (Phi) is 5.84. The fourth-order valence-electron chi connectivity index (χ4n) is 2.37. The Labute approximate surface area is 136 Å². The second-order valence-electron chi connectivity index (χ2n) is 5.63. The summed E-state index contributed by atoms with van der Waals surface area (Å²) >= 11 is 0. The van der Waals surface area contributed by atoms with Crippen molar-refractivity contribution in [2.45, 2.75) is 25.5 Å². The summed E-state index contributed by atoms with van der Waals surface area (Å²) in [5.41, 5.74) is 1.74. The standard InChI is InChI=1S/C18H23NO4/c1-12(9-13-3-6-15(23-2)7-4-13)19-11-18(22)14-5-8-16(20)17(21)10-14/h3-8,10,12,18-22H,9,11H2,1-2H3/t12-,18-/m0/s1. The summed E-state index contributed by atoms with van der Waals surface area (Å²) in [5.74, 6) is 0.409. The van der Waals surface area contributed by atoms with Crippen molar-refractivity contribution < 1.29 is 20.1 Å². The summed E-state index contributed by atoms with van der Waals surface area (Å²) in [5, 5.41) is 32.2. The molecule has 0 fully saturated rings. The summed E-state index contributed by atoms with van der Waals surface area (Å²) < 4.78 is 5.13. The van der Waals surface area contributed by atoms with Crippen LogP contribution in [0.4, 0.5) is 0 Å². The number of rotatable bonds is 7. The Morgan fingerprint density at radius 2 is 1.74 bits per heavy atom. The molecule has 0 amide bonds. The van der Waals surface area contributed by atoms with Crippen molar-refractivity contribution in [1.82, 2.24) is 5.32 Å². The van der Waals surface area contributed by atoms with E-state index in [4.69, 9.17) is 4.74 Å². The van der Waals surface area contributed by atoms with Crippen LogP contribution >= 0.6 is 0 Å². The van der Waals surface area contributed by atoms with Gasteiger partial charge in [-0.15, -0.1) is 0 Å². The summed E-state index contributed by atoms with van der Waals surface area (Å²) in [6.45, 7) is 2.41. The molecule has 2 rings (SSSR count). The Morgan fingerprint density at radius 1 is 1.04 bits per heavy atom. The van der Waals surface area contributed by atoms with E-state index in [9.17, 15) is 15.3 Å². The van der Waals surface area contributed by atoms with Gasteiger partial charge in [0.05, 0.1) is 13.2 Å². The zero-order valence-corrected chi connectivity index (χ0v) is 13.4. The van der Waals surface area contributed by atoms with Gasteiger partial charge in [0.25, 0.3) is 0 Å². The number of hydrogen-bond donors (Lipinski definition) is 4. The molecule has 5 nitrogen and oxygen atoms in total. The molecule has 2 atom stereocenters. The van der Waals surface area contributed by atoms with E-state index in [0.717, 1.165) is 12.2 Å². The lowest BCUT2D eigenvalue weighted by molar-refractivity contribution is 0.170. The van der Waals surface area contributed by atoms with Gasteiger partial charge in [0.1, 0.15) is 5.75 Å². The molecule has 0 heterocycles. The van der Waals surface area contributed by atoms with Crippen LogP contribution in [0.15, 0.2) is 42.5 Å². The minimum atomic E-state index is -0.750. The molecule has 2 aromatic carbocycles. The lowest BCUT2D eigenvalue weighted by atomic mass is 10.1. The van der Waals surface area contributed by atoms with Crippen molar-refractivity contribution in [3.8, 4) is 17.2 Å². The van der Waals surface area contributed by atoms with Crippen LogP contribution in [-0.4, -0.2) is 35.0 Å². The van der Waals surface area contributed by atoms with Crippen molar-refractivity contribution >= 4 is 0 Å². The molecule has 0 saturated heterocycles. The normalized spacial score (nSPS) is 13.5. The Morgan fingerprint density at radius 3 is 2.35 bits per heavy atom. The van der Waals surface area contributed by atoms with Crippen molar-refractivity contribution in [3.63, 3.8) is 0 Å². The fraction of sp³-hybridized carbons (Fsp3) is 0.333. The van der Waals surface area contributed by atoms with E-state index < -0.39 is 6.10 Å². The molecule has 124 valence electrons. The largest absolute Gasteiger partial charge is 0.504 e. The highest BCUT2D eigenvalue weighted by Crippen LogP contribution is 2.27. The maximum Gasteiger partial charge on any atom is 0.157 e. The minimum Gasteiger partial charge on any atom is -0.504 e. The molecule has 0 saturated carbocycles. The second kappa shape index (κ2) is 7.85. The number of hydrogen-bond acceptors (Lipinski definition) is 5. The zero-order valence-electron chi connectivity index (χ0n) is 13.4. The second-order valence-corrected chi connectivity index (χ2v) is 5.63. The van der Waals surface area contributed by atoms with Gasteiger partial charge in [0, 0.05) is 12.6 Å². The van der Waals surface area contributed by atoms with E-state index in [1.807, 2.05) is 31.2 Å². The molecule has 5 heteroatoms. The highest BCUT2D eigenvalue weighted by molar-refractivity contribution is 5.41. The van der Waals surface area contributed by atoms with Gasteiger partial charge in [-0.2, -0.15) is 0 Å². The van der Waals surface area contributed by atoms with E-state index in [-0.39, 0.29) is 17.5 Å². The number of methoxy groups -OCH3 is 1. The van der Waals surface area contributed by atoms with Crippen LogP contribution in [0.5, 0.6) is 17.2 Å². The number of aromatic hydroxyl groups is 2. The van der Waals surface area contributed by atoms with Crippen molar-refractivity contribution in [2.75, 3.05) is 13.7 Å². The molecule has 4 N–H and O–H groups in total. The monoisotopic (exact) mass is 317 g/mol. The lowest BCUT2D eigenvalue weighted by Gasteiger charge is -2.18. The predicted molar refractivity (Wildman–Crippen MR) is 88.9 cm³/mol. The van der Waals surface area contributed by atoms with Gasteiger partial charge in [0.15, 0.2) is 11.5 Å². The lowest BCUT2D eigenvalue weighted by Crippen LogP contribution is -2.32. The third kappa shape index (κ3) is 4.87. The highest BCUT2D eigenvalue weighted by atomic mass is 16.5. The summed E-state index contributed by atoms with van der Waals surface area (Å²) in [6, 6.07) is 12.4. The van der Waals surface area contributed by atoms with E-state index in [1.54, 1.807) is 13.2 Å². The molecule has 0 radical (unpaired) electrons. The van der Waals surface area contributed by atoms with E-state index in [1.165, 1.54) is 17.7 Å². The predicted octanol–water partition coefficient (Wildman–Crippen LogP) is 2.36. The number of phenolic OH excluding ortho intramolecular Hbond substituents is 2. The van der Waals surface area contributed by atoms with Crippen LogP contribution in [0.3, 0.4) is 0 Å². The van der Waals surface area contributed by atoms with E-state index in [0.29, 0.717) is 12.1 Å². The smallest absolute Gasteiger partial charge is 0.157 e. The molecule has 0 unspecified atom stereocenters. The molecule has 0 spiro atoms. The van der Waals surface area contributed by atoms with Gasteiger partial charge in [-0.3, -0.25) is 0 Å². The Hall–Kier alpha value is -2.24. The van der Waals surface area contributed by atoms with Crippen LogP contribution in [0.1, 0.15) is 24.2 Å². The fourth-order valence-corrected chi connectivity index (χ4v) is 2.37. The van der Waals surface area contributed by atoms with Crippen molar-refractivity contribution in [1.29, 1.82) is 0 Å². The average molecular weight is 317 g/mol. The SMILES string of the molecule is COc1ccc(C[C@H](C)NC[C@H](O)c2ccc(O)c(O)c2)cc1. The summed E-state index contributed by atoms with van der Waals surface area (Å²) in [7, 11) is 1.64. The number of nitrogens with one attached hydrogen (secondary N) is 1. The maximum atomic E-state index is 10.1. The first-order valence-electron chi connectivity index (χ1n) is 7.56. The van der Waals surface area contributed by atoms with Crippen molar-refractivity contribution in [3.05, 3.63) is 53.6 Å². The van der Waals surface area contributed by atoms with Gasteiger partial charge in [-0.05, 0) is 48.7 Å². The van der Waals surface area contributed by atoms with Crippen LogP contribution < -0.4 is 10.1 Å². The number of ether oxygens (including phenoxy) is 1. The molecular weight excluding hydrogens is 294 g/mol. The number of aliphatic hydroxyl groups is 1. The van der Waals surface area contributed by atoms with Crippen molar-refractivity contribution in [2.24, 2.45) is 0 Å². The molecule has 0 aliphatic heterocycles. The van der Waals surface area contributed by atoms with E-state index >= 15 is 0 Å². The number of aliphatic hydroxyl groups excluding tert-OH is 1. The summed E-state index contributed by atoms with van der Waals surface area (Å²) in [4.78, 5) is 0. The third-order valence-corrected chi connectivity index (χ3v) is 3.74. The molecule has 0 aromatic heterocycles. The third-order valence-electron chi connectivity index (χ3n) is 3.74.